The minimum atomic E-state index is -0.172. The van der Waals surface area contributed by atoms with Crippen molar-refractivity contribution in [2.45, 2.75) is 13.5 Å². The molecular formula is C19H18ClN3O2. The van der Waals surface area contributed by atoms with Crippen LogP contribution in [0, 0.1) is 0 Å². The highest BCUT2D eigenvalue weighted by Crippen LogP contribution is 2.14. The summed E-state index contributed by atoms with van der Waals surface area (Å²) < 4.78 is 7.04. The molecule has 0 radical (unpaired) electrons. The van der Waals surface area contributed by atoms with Gasteiger partial charge in [0.25, 0.3) is 5.91 Å². The van der Waals surface area contributed by atoms with Gasteiger partial charge in [-0.05, 0) is 48.9 Å². The van der Waals surface area contributed by atoms with Crippen LogP contribution < -0.4 is 10.1 Å². The van der Waals surface area contributed by atoms with E-state index in [-0.39, 0.29) is 5.91 Å². The minimum absolute atomic E-state index is 0.172. The van der Waals surface area contributed by atoms with E-state index in [2.05, 4.69) is 10.4 Å². The van der Waals surface area contributed by atoms with Crippen molar-refractivity contribution in [1.82, 2.24) is 15.1 Å². The monoisotopic (exact) mass is 355 g/mol. The van der Waals surface area contributed by atoms with Gasteiger partial charge in [-0.15, -0.1) is 0 Å². The summed E-state index contributed by atoms with van der Waals surface area (Å²) in [6.45, 7) is 3.02. The molecule has 0 aliphatic rings. The van der Waals surface area contributed by atoms with E-state index in [1.807, 2.05) is 43.3 Å². The summed E-state index contributed by atoms with van der Waals surface area (Å²) in [4.78, 5) is 12.3. The van der Waals surface area contributed by atoms with Gasteiger partial charge in [-0.2, -0.15) is 5.10 Å². The summed E-state index contributed by atoms with van der Waals surface area (Å²) in [5.74, 6) is 0.649. The number of rotatable bonds is 6. The summed E-state index contributed by atoms with van der Waals surface area (Å²) in [7, 11) is 0. The van der Waals surface area contributed by atoms with Crippen LogP contribution in [-0.2, 0) is 6.54 Å². The first-order valence-corrected chi connectivity index (χ1v) is 8.34. The van der Waals surface area contributed by atoms with E-state index in [1.165, 1.54) is 0 Å². The third-order valence-corrected chi connectivity index (χ3v) is 3.88. The third-order valence-electron chi connectivity index (χ3n) is 3.62. The Morgan fingerprint density at radius 2 is 1.88 bits per heavy atom. The third kappa shape index (κ3) is 4.39. The Kier molecular flexibility index (Phi) is 5.36. The van der Waals surface area contributed by atoms with Crippen molar-refractivity contribution >= 4 is 17.5 Å². The number of carbonyl (C=O) groups excluding carboxylic acids is 1. The first kappa shape index (κ1) is 17.0. The van der Waals surface area contributed by atoms with E-state index in [0.717, 1.165) is 17.0 Å². The summed E-state index contributed by atoms with van der Waals surface area (Å²) >= 11 is 5.88. The van der Waals surface area contributed by atoms with Gasteiger partial charge in [-0.1, -0.05) is 23.7 Å². The van der Waals surface area contributed by atoms with Crippen LogP contribution in [0.1, 0.15) is 22.8 Å². The lowest BCUT2D eigenvalue weighted by atomic mass is 10.2. The lowest BCUT2D eigenvalue weighted by molar-refractivity contribution is 0.0951. The van der Waals surface area contributed by atoms with Gasteiger partial charge in [0.2, 0.25) is 0 Å². The molecule has 0 unspecified atom stereocenters. The maximum atomic E-state index is 12.3. The molecule has 0 saturated carbocycles. The van der Waals surface area contributed by atoms with Crippen LogP contribution >= 0.6 is 11.6 Å². The SMILES string of the molecule is CCOc1ccc(CNC(=O)c2cnn(-c3ccc(Cl)cc3)c2)cc1. The molecule has 2 aromatic carbocycles. The molecule has 3 aromatic rings. The lowest BCUT2D eigenvalue weighted by Gasteiger charge is -2.06. The Morgan fingerprint density at radius 3 is 2.56 bits per heavy atom. The topological polar surface area (TPSA) is 56.1 Å². The molecule has 0 aliphatic carbocycles. The number of carbonyl (C=O) groups is 1. The Labute approximate surface area is 151 Å². The predicted molar refractivity (Wildman–Crippen MR) is 97.4 cm³/mol. The van der Waals surface area contributed by atoms with E-state index >= 15 is 0 Å². The van der Waals surface area contributed by atoms with Gasteiger partial charge >= 0.3 is 0 Å². The number of nitrogens with zero attached hydrogens (tertiary/aromatic N) is 2. The van der Waals surface area contributed by atoms with Crippen molar-refractivity contribution in [3.63, 3.8) is 0 Å². The van der Waals surface area contributed by atoms with Gasteiger partial charge in [0, 0.05) is 17.8 Å². The number of nitrogens with one attached hydrogen (secondary N) is 1. The Hall–Kier alpha value is -2.79. The Balaban J connectivity index is 1.61. The molecule has 1 aromatic heterocycles. The number of ether oxygens (including phenoxy) is 1. The van der Waals surface area contributed by atoms with Crippen molar-refractivity contribution in [2.75, 3.05) is 6.61 Å². The maximum Gasteiger partial charge on any atom is 0.254 e. The summed E-state index contributed by atoms with van der Waals surface area (Å²) in [6.07, 6.45) is 3.24. The van der Waals surface area contributed by atoms with E-state index in [0.29, 0.717) is 23.7 Å². The summed E-state index contributed by atoms with van der Waals surface area (Å²) in [5.41, 5.74) is 2.35. The van der Waals surface area contributed by atoms with E-state index in [1.54, 1.807) is 29.2 Å². The van der Waals surface area contributed by atoms with Crippen LogP contribution in [-0.4, -0.2) is 22.3 Å². The second-order valence-corrected chi connectivity index (χ2v) is 5.85. The zero-order valence-electron chi connectivity index (χ0n) is 13.8. The zero-order valence-corrected chi connectivity index (χ0v) is 14.5. The fourth-order valence-electron chi connectivity index (χ4n) is 2.33. The van der Waals surface area contributed by atoms with Gasteiger partial charge < -0.3 is 10.1 Å². The smallest absolute Gasteiger partial charge is 0.254 e. The first-order valence-electron chi connectivity index (χ1n) is 7.96. The van der Waals surface area contributed by atoms with Gasteiger partial charge in [0.05, 0.1) is 24.1 Å². The van der Waals surface area contributed by atoms with Crippen LogP contribution in [0.2, 0.25) is 5.02 Å². The number of hydrogen-bond acceptors (Lipinski definition) is 3. The van der Waals surface area contributed by atoms with Crippen molar-refractivity contribution < 1.29 is 9.53 Å². The molecule has 3 rings (SSSR count). The zero-order chi connectivity index (χ0) is 17.6. The molecule has 1 heterocycles. The number of halogens is 1. The number of aromatic nitrogens is 2. The minimum Gasteiger partial charge on any atom is -0.494 e. The second kappa shape index (κ2) is 7.85. The largest absolute Gasteiger partial charge is 0.494 e. The quantitative estimate of drug-likeness (QED) is 0.730. The average molecular weight is 356 g/mol. The molecular weight excluding hydrogens is 338 g/mol. The van der Waals surface area contributed by atoms with Crippen molar-refractivity contribution in [1.29, 1.82) is 0 Å². The highest BCUT2D eigenvalue weighted by Gasteiger charge is 2.09. The molecule has 1 N–H and O–H groups in total. The number of hydrogen-bond donors (Lipinski definition) is 1. The fraction of sp³-hybridized carbons (Fsp3) is 0.158. The number of benzene rings is 2. The Morgan fingerprint density at radius 1 is 1.16 bits per heavy atom. The van der Waals surface area contributed by atoms with Gasteiger partial charge in [-0.3, -0.25) is 4.79 Å². The summed E-state index contributed by atoms with van der Waals surface area (Å²) in [6, 6.07) is 14.9. The maximum absolute atomic E-state index is 12.3. The standard InChI is InChI=1S/C19H18ClN3O2/c1-2-25-18-9-3-14(4-10-18)11-21-19(24)15-12-22-23(13-15)17-7-5-16(20)6-8-17/h3-10,12-13H,2,11H2,1H3,(H,21,24). The highest BCUT2D eigenvalue weighted by molar-refractivity contribution is 6.30. The molecule has 0 atom stereocenters. The first-order chi connectivity index (χ1) is 12.2. The van der Waals surface area contributed by atoms with E-state index in [9.17, 15) is 4.79 Å². The van der Waals surface area contributed by atoms with Crippen molar-refractivity contribution in [3.8, 4) is 11.4 Å². The van der Waals surface area contributed by atoms with Crippen LogP contribution in [0.4, 0.5) is 0 Å². The Bertz CT molecular complexity index is 842. The van der Waals surface area contributed by atoms with Gasteiger partial charge in [-0.25, -0.2) is 4.68 Å². The van der Waals surface area contributed by atoms with Crippen molar-refractivity contribution in [2.24, 2.45) is 0 Å². The number of amides is 1. The molecule has 0 aliphatic heterocycles. The lowest BCUT2D eigenvalue weighted by Crippen LogP contribution is -2.22. The average Bonchev–Trinajstić information content (AvgIpc) is 3.12. The normalized spacial score (nSPS) is 10.5. The molecule has 0 spiro atoms. The van der Waals surface area contributed by atoms with E-state index in [4.69, 9.17) is 16.3 Å². The molecule has 0 bridgehead atoms. The molecule has 0 fully saturated rings. The summed E-state index contributed by atoms with van der Waals surface area (Å²) in [5, 5.41) is 7.76. The van der Waals surface area contributed by atoms with Crippen LogP contribution in [0.5, 0.6) is 5.75 Å². The second-order valence-electron chi connectivity index (χ2n) is 5.41. The molecule has 6 heteroatoms. The van der Waals surface area contributed by atoms with Crippen LogP contribution in [0.3, 0.4) is 0 Å². The highest BCUT2D eigenvalue weighted by atomic mass is 35.5. The van der Waals surface area contributed by atoms with E-state index < -0.39 is 0 Å². The molecule has 1 amide bonds. The van der Waals surface area contributed by atoms with Crippen LogP contribution in [0.15, 0.2) is 60.9 Å². The van der Waals surface area contributed by atoms with Crippen LogP contribution in [0.25, 0.3) is 5.69 Å². The fourth-order valence-corrected chi connectivity index (χ4v) is 2.46. The molecule has 0 saturated heterocycles. The molecule has 128 valence electrons. The van der Waals surface area contributed by atoms with Gasteiger partial charge in [0.1, 0.15) is 5.75 Å². The van der Waals surface area contributed by atoms with Gasteiger partial charge in [0.15, 0.2) is 0 Å². The van der Waals surface area contributed by atoms with Crippen molar-refractivity contribution in [3.05, 3.63) is 77.1 Å². The predicted octanol–water partition coefficient (Wildman–Crippen LogP) is 3.85. The molecule has 5 nitrogen and oxygen atoms in total. The molecule has 25 heavy (non-hydrogen) atoms.